The molecule has 342 valence electrons. The molecule has 0 atom stereocenters. The first kappa shape index (κ1) is 36.2. The number of benzene rings is 7. The summed E-state index contributed by atoms with van der Waals surface area (Å²) in [6, 6.07) is 33.2. The minimum atomic E-state index is -0.697. The zero-order valence-corrected chi connectivity index (χ0v) is 42.8. The molecule has 11 rings (SSSR count). The van der Waals surface area contributed by atoms with Crippen LogP contribution in [0, 0.1) is 6.92 Å². The fraction of sp³-hybridized carbons (Fsp3) is 0.312. The lowest BCUT2D eigenvalue weighted by atomic mass is 9.36. The van der Waals surface area contributed by atoms with Gasteiger partial charge in [0.05, 0.1) is 22.3 Å². The van der Waals surface area contributed by atoms with E-state index in [1.165, 1.54) is 37.2 Å². The second-order valence-corrected chi connectivity index (χ2v) is 24.7. The number of thiophene rings is 1. The molecular formula is C64H67BN2S. The van der Waals surface area contributed by atoms with E-state index in [0.717, 1.165) is 68.8 Å². The van der Waals surface area contributed by atoms with E-state index in [2.05, 4.69) is 179 Å². The van der Waals surface area contributed by atoms with E-state index < -0.39 is 11.5 Å². The van der Waals surface area contributed by atoms with Crippen molar-refractivity contribution < 1.29 is 11.0 Å². The Balaban J connectivity index is 1.29. The third-order valence-corrected chi connectivity index (χ3v) is 16.9. The van der Waals surface area contributed by atoms with E-state index in [9.17, 15) is 2.74 Å². The minimum Gasteiger partial charge on any atom is -0.311 e. The van der Waals surface area contributed by atoms with Crippen molar-refractivity contribution in [1.29, 1.82) is 0 Å². The largest absolute Gasteiger partial charge is 0.311 e. The molecule has 3 aliphatic rings. The normalized spacial score (nSPS) is 17.7. The summed E-state index contributed by atoms with van der Waals surface area (Å²) in [5.74, 6) is 0. The van der Waals surface area contributed by atoms with Crippen molar-refractivity contribution in [1.82, 2.24) is 0 Å². The summed E-state index contributed by atoms with van der Waals surface area (Å²) in [7, 11) is 0. The lowest BCUT2D eigenvalue weighted by molar-refractivity contribution is 0.332. The van der Waals surface area contributed by atoms with Gasteiger partial charge in [-0.15, -0.1) is 11.3 Å². The van der Waals surface area contributed by atoms with Crippen molar-refractivity contribution in [2.24, 2.45) is 0 Å². The molecule has 0 spiro atoms. The van der Waals surface area contributed by atoms with Gasteiger partial charge >= 0.3 is 0 Å². The molecule has 0 N–H and O–H groups in total. The fourth-order valence-corrected chi connectivity index (χ4v) is 12.7. The fourth-order valence-electron chi connectivity index (χ4n) is 11.3. The highest BCUT2D eigenvalue weighted by atomic mass is 32.1. The van der Waals surface area contributed by atoms with Gasteiger partial charge < -0.3 is 9.80 Å². The van der Waals surface area contributed by atoms with Crippen LogP contribution in [0.3, 0.4) is 0 Å². The summed E-state index contributed by atoms with van der Waals surface area (Å²) in [4.78, 5) is 4.78. The van der Waals surface area contributed by atoms with Crippen molar-refractivity contribution in [2.45, 2.75) is 130 Å². The van der Waals surface area contributed by atoms with E-state index in [1.807, 2.05) is 17.4 Å². The van der Waals surface area contributed by atoms with Crippen LogP contribution in [-0.4, -0.2) is 6.71 Å². The molecule has 7 aromatic carbocycles. The Labute approximate surface area is 422 Å². The van der Waals surface area contributed by atoms with E-state index in [1.54, 1.807) is 12.1 Å². The van der Waals surface area contributed by atoms with Crippen LogP contribution in [0.4, 0.5) is 34.1 Å². The second-order valence-electron chi connectivity index (χ2n) is 23.6. The van der Waals surface area contributed by atoms with Gasteiger partial charge in [0.1, 0.15) is 0 Å². The molecule has 68 heavy (non-hydrogen) atoms. The third kappa shape index (κ3) is 7.02. The van der Waals surface area contributed by atoms with Crippen LogP contribution in [-0.2, 0) is 27.1 Å². The van der Waals surface area contributed by atoms with Gasteiger partial charge in [-0.25, -0.2) is 0 Å². The molecule has 0 bridgehead atoms. The smallest absolute Gasteiger partial charge is 0.264 e. The molecule has 1 aromatic heterocycles. The molecule has 2 nitrogen and oxygen atoms in total. The lowest BCUT2D eigenvalue weighted by Crippen LogP contribution is -2.60. The number of fused-ring (bicyclic) bond motifs is 7. The summed E-state index contributed by atoms with van der Waals surface area (Å²) in [6.45, 7) is 28.8. The Morgan fingerprint density at radius 2 is 1.13 bits per heavy atom. The molecule has 0 fully saturated rings. The Morgan fingerprint density at radius 3 is 1.78 bits per heavy atom. The molecule has 0 saturated heterocycles. The van der Waals surface area contributed by atoms with E-state index >= 15 is 0 Å². The Kier molecular flexibility index (Phi) is 8.16. The predicted octanol–water partition coefficient (Wildman–Crippen LogP) is 16.2. The van der Waals surface area contributed by atoms with Crippen LogP contribution < -0.4 is 25.5 Å². The zero-order valence-electron chi connectivity index (χ0n) is 50.0. The molecule has 0 radical (unpaired) electrons. The van der Waals surface area contributed by atoms with Gasteiger partial charge in [-0.05, 0) is 151 Å². The average Bonchev–Trinajstić information content (AvgIpc) is 3.73. The highest BCUT2D eigenvalue weighted by molar-refractivity contribution is 7.33. The summed E-state index contributed by atoms with van der Waals surface area (Å²) in [5.41, 5.74) is 15.3. The zero-order chi connectivity index (χ0) is 54.8. The number of aryl methyl sites for hydroxylation is 1. The standard InChI is InChI=1S/C64H67BN2S/c1-40-34-54-57-55(35-40)67(52-30-26-44(61(5,6)7)36-47(52)41-20-16-14-17-21-41)53-31-27-45(64(12,13)43-22-18-15-19-23-43)37-51(53)65(57)59-58(66(54)46-28-24-42(25-29-46)60(2,3)4)48-38-49-50(39-56(48)68-59)63(10,11)33-32-62(49,8)9/h14-31,34-39H,32-33H2,1-13H3/i14D,15D,16D,17D,18D,19D,20D,21D. The predicted molar refractivity (Wildman–Crippen MR) is 297 cm³/mol. The summed E-state index contributed by atoms with van der Waals surface area (Å²) in [5, 5.41) is 1.22. The second kappa shape index (κ2) is 15.3. The van der Waals surface area contributed by atoms with Crippen molar-refractivity contribution in [3.05, 3.63) is 184 Å². The molecule has 0 amide bonds. The number of anilines is 6. The number of rotatable bonds is 5. The molecule has 0 unspecified atom stereocenters. The first-order valence-corrected chi connectivity index (χ1v) is 25.2. The lowest BCUT2D eigenvalue weighted by Gasteiger charge is -2.44. The van der Waals surface area contributed by atoms with E-state index in [-0.39, 0.29) is 76.2 Å². The van der Waals surface area contributed by atoms with Gasteiger partial charge in [0.25, 0.3) is 6.71 Å². The van der Waals surface area contributed by atoms with Crippen molar-refractivity contribution >= 4 is 78.0 Å². The number of nitrogens with zero attached hydrogens (tertiary/aromatic N) is 2. The van der Waals surface area contributed by atoms with Gasteiger partial charge in [-0.2, -0.15) is 0 Å². The number of hydrogen-bond acceptors (Lipinski definition) is 3. The van der Waals surface area contributed by atoms with E-state index in [0.29, 0.717) is 11.3 Å². The van der Waals surface area contributed by atoms with Crippen LogP contribution in [0.2, 0.25) is 0 Å². The van der Waals surface area contributed by atoms with Gasteiger partial charge in [-0.1, -0.05) is 174 Å². The first-order valence-electron chi connectivity index (χ1n) is 28.3. The summed E-state index contributed by atoms with van der Waals surface area (Å²) >= 11 is 1.87. The van der Waals surface area contributed by atoms with Crippen LogP contribution in [0.1, 0.15) is 146 Å². The topological polar surface area (TPSA) is 6.48 Å². The quantitative estimate of drug-likeness (QED) is 0.159. The van der Waals surface area contributed by atoms with Crippen molar-refractivity contribution in [2.75, 3.05) is 9.80 Å². The molecule has 4 heteroatoms. The molecule has 8 aromatic rings. The third-order valence-electron chi connectivity index (χ3n) is 15.7. The molecule has 3 heterocycles. The van der Waals surface area contributed by atoms with Gasteiger partial charge in [0, 0.05) is 48.6 Å². The van der Waals surface area contributed by atoms with Crippen LogP contribution in [0.25, 0.3) is 21.2 Å². The summed E-state index contributed by atoms with van der Waals surface area (Å²) in [6.07, 6.45) is 2.19. The highest BCUT2D eigenvalue weighted by Crippen LogP contribution is 2.53. The molecule has 1 aliphatic carbocycles. The van der Waals surface area contributed by atoms with Crippen molar-refractivity contribution in [3.63, 3.8) is 0 Å². The molecule has 0 saturated carbocycles. The van der Waals surface area contributed by atoms with E-state index in [4.69, 9.17) is 8.22 Å². The van der Waals surface area contributed by atoms with Gasteiger partial charge in [0.15, 0.2) is 0 Å². The highest BCUT2D eigenvalue weighted by Gasteiger charge is 2.47. The monoisotopic (exact) mass is 915 g/mol. The van der Waals surface area contributed by atoms with Crippen LogP contribution in [0.5, 0.6) is 0 Å². The SMILES string of the molecule is [2H]c1cc(C(C)(C)c2ccc3c(c2)B2c4sc5cc6c(cc5c4N(c4ccc(C(C)(C)C)cc4)c4cc(C)cc(c42)N3c2ccc(C(C)(C)C)cc2-c2c([2H])c([2H])c([2H])c([2H])c2[2H])C(C)(C)CCC6(C)C)cc([2H])c1[2H]. The molecule has 2 aliphatic heterocycles. The maximum Gasteiger partial charge on any atom is 0.264 e. The van der Waals surface area contributed by atoms with Crippen LogP contribution in [0.15, 0.2) is 145 Å². The summed E-state index contributed by atoms with van der Waals surface area (Å²) < 4.78 is 73.7. The maximum absolute atomic E-state index is 9.45. The maximum atomic E-state index is 9.45. The average molecular weight is 915 g/mol. The number of hydrogen-bond donors (Lipinski definition) is 0. The van der Waals surface area contributed by atoms with Crippen molar-refractivity contribution in [3.8, 4) is 11.1 Å². The van der Waals surface area contributed by atoms with Crippen LogP contribution >= 0.6 is 11.3 Å². The Bertz CT molecular complexity index is 3730. The Hall–Kier alpha value is -5.84. The van der Waals surface area contributed by atoms with Gasteiger partial charge in [0.2, 0.25) is 0 Å². The minimum absolute atomic E-state index is 0.00576. The molecular weight excluding hydrogens is 840 g/mol. The Morgan fingerprint density at radius 1 is 0.559 bits per heavy atom. The van der Waals surface area contributed by atoms with Gasteiger partial charge in [-0.3, -0.25) is 0 Å². The first-order chi connectivity index (χ1) is 35.4.